The summed E-state index contributed by atoms with van der Waals surface area (Å²) in [5, 5.41) is 2.78. The lowest BCUT2D eigenvalue weighted by atomic mass is 10.1. The fourth-order valence-corrected chi connectivity index (χ4v) is 2.42. The molecule has 2 fully saturated rings. The van der Waals surface area contributed by atoms with Gasteiger partial charge in [-0.1, -0.05) is 26.2 Å². The minimum atomic E-state index is -0.276. The van der Waals surface area contributed by atoms with Crippen molar-refractivity contribution in [2.75, 3.05) is 13.1 Å². The van der Waals surface area contributed by atoms with E-state index in [2.05, 4.69) is 5.32 Å². The topological polar surface area (TPSA) is 49.4 Å². The molecular weight excluding hydrogens is 216 g/mol. The summed E-state index contributed by atoms with van der Waals surface area (Å²) in [6.07, 6.45) is 6.64. The summed E-state index contributed by atoms with van der Waals surface area (Å²) in [5.41, 5.74) is 0. The molecule has 0 aromatic carbocycles. The van der Waals surface area contributed by atoms with E-state index in [1.54, 1.807) is 4.90 Å². The minimum absolute atomic E-state index is 0.00512. The maximum absolute atomic E-state index is 12.1. The van der Waals surface area contributed by atoms with Gasteiger partial charge in [0.1, 0.15) is 6.04 Å². The standard InChI is InChI=1S/C13H22N2O2/c1-2-4-11-13(17)15(9-12(16)14-11)8-3-5-10-6-7-10/h10-11H,2-9H2,1H3,(H,14,16). The van der Waals surface area contributed by atoms with Crippen LogP contribution in [0.5, 0.6) is 0 Å². The molecule has 1 aliphatic carbocycles. The highest BCUT2D eigenvalue weighted by Gasteiger charge is 2.31. The molecule has 1 saturated carbocycles. The van der Waals surface area contributed by atoms with Crippen LogP contribution in [-0.2, 0) is 9.59 Å². The molecule has 2 amide bonds. The van der Waals surface area contributed by atoms with Gasteiger partial charge in [0.2, 0.25) is 11.8 Å². The normalized spacial score (nSPS) is 25.0. The van der Waals surface area contributed by atoms with Gasteiger partial charge in [-0.15, -0.1) is 0 Å². The predicted octanol–water partition coefficient (Wildman–Crippen LogP) is 1.30. The Balaban J connectivity index is 1.80. The molecule has 1 aliphatic heterocycles. The molecule has 17 heavy (non-hydrogen) atoms. The van der Waals surface area contributed by atoms with Crippen LogP contribution in [0.1, 0.15) is 45.4 Å². The number of carbonyl (C=O) groups is 2. The lowest BCUT2D eigenvalue weighted by molar-refractivity contribution is -0.144. The molecule has 0 spiro atoms. The molecule has 1 saturated heterocycles. The molecule has 0 bridgehead atoms. The molecule has 4 nitrogen and oxygen atoms in total. The van der Waals surface area contributed by atoms with E-state index >= 15 is 0 Å². The number of nitrogens with one attached hydrogen (secondary N) is 1. The second-order valence-electron chi connectivity index (χ2n) is 5.25. The van der Waals surface area contributed by atoms with Crippen LogP contribution in [0, 0.1) is 5.92 Å². The number of hydrogen-bond acceptors (Lipinski definition) is 2. The first kappa shape index (κ1) is 12.4. The van der Waals surface area contributed by atoms with Crippen LogP contribution in [0.15, 0.2) is 0 Å². The van der Waals surface area contributed by atoms with Crippen molar-refractivity contribution in [2.24, 2.45) is 5.92 Å². The van der Waals surface area contributed by atoms with Crippen molar-refractivity contribution in [1.82, 2.24) is 10.2 Å². The Hall–Kier alpha value is -1.06. The monoisotopic (exact) mass is 238 g/mol. The van der Waals surface area contributed by atoms with Crippen LogP contribution in [0.25, 0.3) is 0 Å². The molecule has 1 heterocycles. The average Bonchev–Trinajstić information content (AvgIpc) is 3.09. The van der Waals surface area contributed by atoms with Gasteiger partial charge in [0.15, 0.2) is 0 Å². The highest BCUT2D eigenvalue weighted by molar-refractivity contribution is 5.94. The zero-order valence-electron chi connectivity index (χ0n) is 10.6. The van der Waals surface area contributed by atoms with Crippen molar-refractivity contribution in [3.8, 4) is 0 Å². The Bertz CT molecular complexity index is 300. The molecule has 4 heteroatoms. The average molecular weight is 238 g/mol. The maximum Gasteiger partial charge on any atom is 0.245 e. The first-order chi connectivity index (χ1) is 8.20. The van der Waals surface area contributed by atoms with Gasteiger partial charge in [0.05, 0.1) is 6.54 Å². The Labute approximate surface area is 103 Å². The second-order valence-corrected chi connectivity index (χ2v) is 5.25. The van der Waals surface area contributed by atoms with Crippen LogP contribution in [0.3, 0.4) is 0 Å². The quantitative estimate of drug-likeness (QED) is 0.758. The summed E-state index contributed by atoms with van der Waals surface area (Å²) in [5.74, 6) is 1.01. The fraction of sp³-hybridized carbons (Fsp3) is 0.846. The molecule has 0 radical (unpaired) electrons. The molecule has 1 unspecified atom stereocenters. The lowest BCUT2D eigenvalue weighted by Gasteiger charge is -2.32. The highest BCUT2D eigenvalue weighted by atomic mass is 16.2. The summed E-state index contributed by atoms with van der Waals surface area (Å²) in [6, 6.07) is -0.276. The van der Waals surface area contributed by atoms with E-state index in [1.165, 1.54) is 19.3 Å². The number of hydrogen-bond donors (Lipinski definition) is 1. The van der Waals surface area contributed by atoms with E-state index < -0.39 is 0 Å². The lowest BCUT2D eigenvalue weighted by Crippen LogP contribution is -2.58. The molecular formula is C13H22N2O2. The third-order valence-electron chi connectivity index (χ3n) is 3.59. The van der Waals surface area contributed by atoms with Gasteiger partial charge in [0.25, 0.3) is 0 Å². The number of nitrogens with zero attached hydrogens (tertiary/aromatic N) is 1. The third kappa shape index (κ3) is 3.45. The van der Waals surface area contributed by atoms with Crippen LogP contribution in [-0.4, -0.2) is 35.8 Å². The summed E-state index contributed by atoms with van der Waals surface area (Å²) in [6.45, 7) is 3.04. The zero-order valence-corrected chi connectivity index (χ0v) is 10.6. The van der Waals surface area contributed by atoms with E-state index in [9.17, 15) is 9.59 Å². The van der Waals surface area contributed by atoms with Gasteiger partial charge in [-0.05, 0) is 25.2 Å². The highest BCUT2D eigenvalue weighted by Crippen LogP contribution is 2.33. The van der Waals surface area contributed by atoms with Gasteiger partial charge in [-0.2, -0.15) is 0 Å². The van der Waals surface area contributed by atoms with E-state index in [1.807, 2.05) is 6.92 Å². The van der Waals surface area contributed by atoms with Crippen molar-refractivity contribution in [3.63, 3.8) is 0 Å². The minimum Gasteiger partial charge on any atom is -0.343 e. The van der Waals surface area contributed by atoms with Crippen molar-refractivity contribution >= 4 is 11.8 Å². The van der Waals surface area contributed by atoms with E-state index in [4.69, 9.17) is 0 Å². The Morgan fingerprint density at radius 3 is 2.71 bits per heavy atom. The summed E-state index contributed by atoms with van der Waals surface area (Å²) in [7, 11) is 0. The van der Waals surface area contributed by atoms with Crippen molar-refractivity contribution < 1.29 is 9.59 Å². The van der Waals surface area contributed by atoms with Crippen LogP contribution in [0.2, 0.25) is 0 Å². The number of piperazine rings is 1. The van der Waals surface area contributed by atoms with Crippen LogP contribution in [0.4, 0.5) is 0 Å². The van der Waals surface area contributed by atoms with E-state index in [0.717, 1.165) is 31.7 Å². The molecule has 2 rings (SSSR count). The first-order valence-corrected chi connectivity index (χ1v) is 6.79. The SMILES string of the molecule is CCCC1NC(=O)CN(CCCC2CC2)C1=O. The third-order valence-corrected chi connectivity index (χ3v) is 3.59. The molecule has 1 atom stereocenters. The van der Waals surface area contributed by atoms with Gasteiger partial charge in [-0.3, -0.25) is 9.59 Å². The van der Waals surface area contributed by atoms with Crippen molar-refractivity contribution in [1.29, 1.82) is 0 Å². The van der Waals surface area contributed by atoms with Crippen molar-refractivity contribution in [2.45, 2.75) is 51.5 Å². The molecule has 0 aromatic rings. The maximum atomic E-state index is 12.1. The van der Waals surface area contributed by atoms with Crippen LogP contribution >= 0.6 is 0 Å². The van der Waals surface area contributed by atoms with E-state index in [0.29, 0.717) is 0 Å². The Morgan fingerprint density at radius 1 is 1.29 bits per heavy atom. The van der Waals surface area contributed by atoms with Gasteiger partial charge >= 0.3 is 0 Å². The number of rotatable bonds is 6. The second kappa shape index (κ2) is 5.52. The Kier molecular flexibility index (Phi) is 4.02. The van der Waals surface area contributed by atoms with Gasteiger partial charge in [0, 0.05) is 6.54 Å². The predicted molar refractivity (Wildman–Crippen MR) is 65.4 cm³/mol. The van der Waals surface area contributed by atoms with Crippen LogP contribution < -0.4 is 5.32 Å². The summed E-state index contributed by atoms with van der Waals surface area (Å²) < 4.78 is 0. The molecule has 96 valence electrons. The molecule has 1 N–H and O–H groups in total. The summed E-state index contributed by atoms with van der Waals surface area (Å²) >= 11 is 0. The Morgan fingerprint density at radius 2 is 2.06 bits per heavy atom. The zero-order chi connectivity index (χ0) is 12.3. The van der Waals surface area contributed by atoms with Gasteiger partial charge < -0.3 is 10.2 Å². The summed E-state index contributed by atoms with van der Waals surface area (Å²) in [4.78, 5) is 25.3. The number of carbonyl (C=O) groups excluding carboxylic acids is 2. The van der Waals surface area contributed by atoms with E-state index in [-0.39, 0.29) is 24.4 Å². The van der Waals surface area contributed by atoms with Crippen molar-refractivity contribution in [3.05, 3.63) is 0 Å². The molecule has 2 aliphatic rings. The smallest absolute Gasteiger partial charge is 0.245 e. The molecule has 0 aromatic heterocycles. The first-order valence-electron chi connectivity index (χ1n) is 6.79. The largest absolute Gasteiger partial charge is 0.343 e. The van der Waals surface area contributed by atoms with Gasteiger partial charge in [-0.25, -0.2) is 0 Å². The number of amides is 2. The fourth-order valence-electron chi connectivity index (χ4n) is 2.42.